The lowest BCUT2D eigenvalue weighted by atomic mass is 9.89. The first-order valence-electron chi connectivity index (χ1n) is 10.0. The van der Waals surface area contributed by atoms with Crippen LogP contribution in [0.5, 0.6) is 0 Å². The molecule has 2 N–H and O–H groups in total. The number of rotatable bonds is 11. The molecule has 0 saturated heterocycles. The molecule has 0 saturated carbocycles. The summed E-state index contributed by atoms with van der Waals surface area (Å²) in [6.45, 7) is 7.45. The molecule has 2 aromatic rings. The van der Waals surface area contributed by atoms with Gasteiger partial charge in [-0.25, -0.2) is 0 Å². The van der Waals surface area contributed by atoms with Crippen LogP contribution in [0.1, 0.15) is 53.0 Å². The fraction of sp³-hybridized carbons (Fsp3) is 0.455. The third-order valence-electron chi connectivity index (χ3n) is 4.87. The third-order valence-corrected chi connectivity index (χ3v) is 4.87. The lowest BCUT2D eigenvalue weighted by Crippen LogP contribution is -2.35. The van der Waals surface area contributed by atoms with Crippen LogP contribution in [0, 0.1) is 0 Å². The average Bonchev–Trinajstić information content (AvgIpc) is 2.69. The lowest BCUT2D eigenvalue weighted by Gasteiger charge is -2.22. The molecule has 6 heteroatoms. The number of imide groups is 1. The van der Waals surface area contributed by atoms with Crippen molar-refractivity contribution in [1.82, 2.24) is 5.32 Å². The number of aryl methyl sites for hydroxylation is 1. The van der Waals surface area contributed by atoms with E-state index in [9.17, 15) is 9.59 Å². The fourth-order valence-electron chi connectivity index (χ4n) is 3.61. The Hall–Kier alpha value is -2.44. The van der Waals surface area contributed by atoms with Crippen molar-refractivity contribution in [3.63, 3.8) is 0 Å². The second-order valence-electron chi connectivity index (χ2n) is 6.75. The van der Waals surface area contributed by atoms with Crippen LogP contribution in [-0.4, -0.2) is 44.8 Å². The molecule has 28 heavy (non-hydrogen) atoms. The molecular weight excluding hydrogens is 356 g/mol. The number of hydrogen-bond acceptors (Lipinski definition) is 5. The Bertz CT molecular complexity index is 863. The van der Waals surface area contributed by atoms with Crippen molar-refractivity contribution in [3.05, 3.63) is 41.0 Å². The van der Waals surface area contributed by atoms with Crippen molar-refractivity contribution in [3.8, 4) is 0 Å². The summed E-state index contributed by atoms with van der Waals surface area (Å²) in [7, 11) is 0. The molecule has 3 rings (SSSR count). The van der Waals surface area contributed by atoms with Gasteiger partial charge in [-0.2, -0.15) is 0 Å². The van der Waals surface area contributed by atoms with E-state index in [4.69, 9.17) is 9.47 Å². The van der Waals surface area contributed by atoms with Crippen LogP contribution in [0.4, 0.5) is 5.69 Å². The van der Waals surface area contributed by atoms with Crippen LogP contribution in [0.15, 0.2) is 24.3 Å². The van der Waals surface area contributed by atoms with Gasteiger partial charge in [0.2, 0.25) is 0 Å². The van der Waals surface area contributed by atoms with Gasteiger partial charge in [0.1, 0.15) is 0 Å². The topological polar surface area (TPSA) is 76.7 Å². The van der Waals surface area contributed by atoms with Gasteiger partial charge in [-0.05, 0) is 50.8 Å². The first kappa shape index (κ1) is 20.3. The first-order chi connectivity index (χ1) is 13.7. The maximum Gasteiger partial charge on any atom is 0.259 e. The predicted molar refractivity (Wildman–Crippen MR) is 110 cm³/mol. The quantitative estimate of drug-likeness (QED) is 0.458. The minimum Gasteiger partial charge on any atom is -0.384 e. The molecule has 2 amide bonds. The maximum absolute atomic E-state index is 12.6. The van der Waals surface area contributed by atoms with Crippen molar-refractivity contribution in [2.24, 2.45) is 0 Å². The van der Waals surface area contributed by atoms with E-state index in [-0.39, 0.29) is 11.8 Å². The predicted octanol–water partition coefficient (Wildman–Crippen LogP) is 3.53. The summed E-state index contributed by atoms with van der Waals surface area (Å²) < 4.78 is 10.8. The Morgan fingerprint density at radius 2 is 1.75 bits per heavy atom. The summed E-state index contributed by atoms with van der Waals surface area (Å²) in [6, 6.07) is 7.64. The number of nitrogens with one attached hydrogen (secondary N) is 2. The summed E-state index contributed by atoms with van der Waals surface area (Å²) in [5.74, 6) is -0.653. The van der Waals surface area contributed by atoms with E-state index in [1.54, 1.807) is 6.07 Å². The number of carbonyl (C=O) groups is 2. The Balaban J connectivity index is 1.97. The summed E-state index contributed by atoms with van der Waals surface area (Å²) in [6.07, 6.45) is 2.42. The molecule has 0 radical (unpaired) electrons. The Morgan fingerprint density at radius 3 is 2.50 bits per heavy atom. The van der Waals surface area contributed by atoms with Gasteiger partial charge in [0.25, 0.3) is 11.8 Å². The minimum absolute atomic E-state index is 0.317. The van der Waals surface area contributed by atoms with E-state index in [0.29, 0.717) is 37.6 Å². The minimum atomic E-state index is -0.336. The van der Waals surface area contributed by atoms with Gasteiger partial charge >= 0.3 is 0 Å². The molecule has 150 valence electrons. The second kappa shape index (κ2) is 9.66. The van der Waals surface area contributed by atoms with E-state index < -0.39 is 0 Å². The van der Waals surface area contributed by atoms with Gasteiger partial charge < -0.3 is 14.8 Å². The van der Waals surface area contributed by atoms with Gasteiger partial charge in [0.15, 0.2) is 0 Å². The van der Waals surface area contributed by atoms with Crippen LogP contribution in [0.25, 0.3) is 10.8 Å². The smallest absolute Gasteiger partial charge is 0.259 e. The standard InChI is InChI=1S/C22H28N2O4/c1-3-27-12-6-8-15-14-18(23-11-7-13-28-4-2)16-9-5-10-17-20(16)19(15)22(26)24-21(17)25/h5,9-10,14,23H,3-4,6-8,11-13H2,1-2H3,(H,24,25,26). The highest BCUT2D eigenvalue weighted by atomic mass is 16.5. The van der Waals surface area contributed by atoms with Gasteiger partial charge in [-0.3, -0.25) is 14.9 Å². The molecule has 0 bridgehead atoms. The normalized spacial score (nSPS) is 13.1. The van der Waals surface area contributed by atoms with Crippen molar-refractivity contribution >= 4 is 28.3 Å². The summed E-state index contributed by atoms with van der Waals surface area (Å²) >= 11 is 0. The molecule has 0 fully saturated rings. The van der Waals surface area contributed by atoms with Crippen molar-refractivity contribution in [1.29, 1.82) is 0 Å². The molecule has 1 aliphatic heterocycles. The first-order valence-corrected chi connectivity index (χ1v) is 10.0. The Labute approximate surface area is 165 Å². The zero-order valence-corrected chi connectivity index (χ0v) is 16.6. The van der Waals surface area contributed by atoms with Gasteiger partial charge in [-0.1, -0.05) is 12.1 Å². The largest absolute Gasteiger partial charge is 0.384 e. The Kier molecular flexibility index (Phi) is 7.01. The third kappa shape index (κ3) is 4.34. The van der Waals surface area contributed by atoms with Gasteiger partial charge in [-0.15, -0.1) is 0 Å². The highest BCUT2D eigenvalue weighted by Crippen LogP contribution is 2.35. The van der Waals surface area contributed by atoms with Crippen molar-refractivity contribution in [2.45, 2.75) is 33.1 Å². The van der Waals surface area contributed by atoms with Gasteiger partial charge in [0, 0.05) is 55.0 Å². The molecule has 0 aliphatic carbocycles. The van der Waals surface area contributed by atoms with E-state index in [1.807, 2.05) is 32.0 Å². The number of hydrogen-bond donors (Lipinski definition) is 2. The zero-order valence-electron chi connectivity index (χ0n) is 16.6. The maximum atomic E-state index is 12.6. The number of anilines is 1. The van der Waals surface area contributed by atoms with Crippen LogP contribution in [-0.2, 0) is 15.9 Å². The average molecular weight is 384 g/mol. The number of benzene rings is 2. The van der Waals surface area contributed by atoms with Crippen LogP contribution < -0.4 is 10.6 Å². The number of ether oxygens (including phenoxy) is 2. The molecule has 6 nitrogen and oxygen atoms in total. The molecule has 2 aromatic carbocycles. The highest BCUT2D eigenvalue weighted by Gasteiger charge is 2.28. The molecule has 1 aliphatic rings. The summed E-state index contributed by atoms with van der Waals surface area (Å²) in [4.78, 5) is 25.0. The summed E-state index contributed by atoms with van der Waals surface area (Å²) in [5.41, 5.74) is 3.06. The monoisotopic (exact) mass is 384 g/mol. The Morgan fingerprint density at radius 1 is 1.00 bits per heavy atom. The van der Waals surface area contributed by atoms with E-state index in [0.717, 1.165) is 47.8 Å². The highest BCUT2D eigenvalue weighted by molar-refractivity contribution is 6.27. The second-order valence-corrected chi connectivity index (χ2v) is 6.75. The van der Waals surface area contributed by atoms with Crippen LogP contribution >= 0.6 is 0 Å². The van der Waals surface area contributed by atoms with Crippen molar-refractivity contribution < 1.29 is 19.1 Å². The molecule has 0 atom stereocenters. The molecule has 1 heterocycles. The molecule has 0 aromatic heterocycles. The summed E-state index contributed by atoms with van der Waals surface area (Å²) in [5, 5.41) is 7.59. The molecule has 0 spiro atoms. The number of amides is 2. The lowest BCUT2D eigenvalue weighted by molar-refractivity contribution is 0.0844. The fourth-order valence-corrected chi connectivity index (χ4v) is 3.61. The zero-order chi connectivity index (χ0) is 19.9. The van der Waals surface area contributed by atoms with Crippen LogP contribution in [0.3, 0.4) is 0 Å². The number of carbonyl (C=O) groups excluding carboxylic acids is 2. The van der Waals surface area contributed by atoms with E-state index in [1.165, 1.54) is 0 Å². The molecular formula is C22H28N2O4. The van der Waals surface area contributed by atoms with E-state index in [2.05, 4.69) is 10.6 Å². The van der Waals surface area contributed by atoms with E-state index >= 15 is 0 Å². The van der Waals surface area contributed by atoms with Crippen LogP contribution in [0.2, 0.25) is 0 Å². The van der Waals surface area contributed by atoms with Crippen molar-refractivity contribution in [2.75, 3.05) is 38.3 Å². The van der Waals surface area contributed by atoms with Gasteiger partial charge in [0.05, 0.1) is 5.56 Å². The SMILES string of the molecule is CCOCCCNc1cc(CCCOCC)c2c3c(cccc13)C(=O)NC2=O. The molecule has 0 unspecified atom stereocenters.